The average molecular weight is 289 g/mol. The van der Waals surface area contributed by atoms with Gasteiger partial charge in [-0.3, -0.25) is 0 Å². The van der Waals surface area contributed by atoms with Gasteiger partial charge in [-0.2, -0.15) is 0 Å². The number of fused-ring (bicyclic) bond motifs is 1. The predicted octanol–water partition coefficient (Wildman–Crippen LogP) is 4.78. The second kappa shape index (κ2) is 6.53. The van der Waals surface area contributed by atoms with E-state index in [2.05, 4.69) is 42.2 Å². The lowest BCUT2D eigenvalue weighted by atomic mass is 9.74. The lowest BCUT2D eigenvalue weighted by molar-refractivity contribution is 0.210. The van der Waals surface area contributed by atoms with Crippen molar-refractivity contribution in [3.8, 4) is 0 Å². The lowest BCUT2D eigenvalue weighted by Crippen LogP contribution is -2.23. The Labute approximate surface area is 127 Å². The minimum atomic E-state index is 0.626. The third-order valence-electron chi connectivity index (χ3n) is 5.10. The van der Waals surface area contributed by atoms with Gasteiger partial charge in [0, 0.05) is 11.4 Å². The van der Waals surface area contributed by atoms with Crippen LogP contribution in [0.2, 0.25) is 0 Å². The molecule has 1 aliphatic heterocycles. The molecular formula is C18H27NS. The van der Waals surface area contributed by atoms with Gasteiger partial charge in [0.2, 0.25) is 0 Å². The summed E-state index contributed by atoms with van der Waals surface area (Å²) in [4.78, 5) is 1.46. The van der Waals surface area contributed by atoms with Crippen molar-refractivity contribution >= 4 is 11.8 Å². The van der Waals surface area contributed by atoms with Crippen LogP contribution in [0.3, 0.4) is 0 Å². The van der Waals surface area contributed by atoms with Gasteiger partial charge in [0.25, 0.3) is 0 Å². The first-order chi connectivity index (χ1) is 9.75. The highest BCUT2D eigenvalue weighted by Gasteiger charge is 2.26. The molecule has 0 saturated heterocycles. The molecule has 110 valence electrons. The summed E-state index contributed by atoms with van der Waals surface area (Å²) in [6, 6.07) is 7.09. The molecule has 1 nitrogen and oxygen atoms in total. The molecule has 0 radical (unpaired) electrons. The maximum Gasteiger partial charge on any atom is 0.0208 e. The van der Waals surface area contributed by atoms with Crippen molar-refractivity contribution in [3.05, 3.63) is 29.3 Å². The van der Waals surface area contributed by atoms with Crippen molar-refractivity contribution in [2.24, 2.45) is 5.41 Å². The highest BCUT2D eigenvalue weighted by atomic mass is 32.2. The molecule has 1 aromatic rings. The van der Waals surface area contributed by atoms with E-state index in [1.54, 1.807) is 5.56 Å². The topological polar surface area (TPSA) is 12.0 Å². The Bertz CT molecular complexity index is 449. The molecule has 3 rings (SSSR count). The minimum absolute atomic E-state index is 0.626. The Morgan fingerprint density at radius 2 is 2.00 bits per heavy atom. The van der Waals surface area contributed by atoms with Crippen LogP contribution in [0.1, 0.15) is 56.6 Å². The van der Waals surface area contributed by atoms with Gasteiger partial charge >= 0.3 is 0 Å². The molecule has 1 aliphatic carbocycles. The molecule has 0 unspecified atom stereocenters. The van der Waals surface area contributed by atoms with Crippen molar-refractivity contribution in [2.75, 3.05) is 12.3 Å². The van der Waals surface area contributed by atoms with E-state index >= 15 is 0 Å². The highest BCUT2D eigenvalue weighted by Crippen LogP contribution is 2.40. The monoisotopic (exact) mass is 289 g/mol. The fraction of sp³-hybridized carbons (Fsp3) is 0.667. The summed E-state index contributed by atoms with van der Waals surface area (Å²) < 4.78 is 0. The largest absolute Gasteiger partial charge is 0.312 e. The van der Waals surface area contributed by atoms with E-state index in [4.69, 9.17) is 0 Å². The summed E-state index contributed by atoms with van der Waals surface area (Å²) in [6.07, 6.45) is 9.83. The number of benzene rings is 1. The summed E-state index contributed by atoms with van der Waals surface area (Å²) >= 11 is 2.06. The molecule has 1 N–H and O–H groups in total. The van der Waals surface area contributed by atoms with Gasteiger partial charge in [0.1, 0.15) is 0 Å². The van der Waals surface area contributed by atoms with Gasteiger partial charge < -0.3 is 5.32 Å². The van der Waals surface area contributed by atoms with Crippen molar-refractivity contribution in [2.45, 2.75) is 63.3 Å². The molecule has 1 fully saturated rings. The Balaban J connectivity index is 1.53. The van der Waals surface area contributed by atoms with Gasteiger partial charge in [-0.15, -0.1) is 11.8 Å². The molecule has 0 spiro atoms. The molecule has 2 aliphatic rings. The van der Waals surface area contributed by atoms with Gasteiger partial charge in [-0.1, -0.05) is 32.3 Å². The molecule has 0 aromatic heterocycles. The molecule has 1 saturated carbocycles. The lowest BCUT2D eigenvalue weighted by Gasteiger charge is -2.33. The smallest absolute Gasteiger partial charge is 0.0208 e. The van der Waals surface area contributed by atoms with Gasteiger partial charge in [-0.05, 0) is 66.7 Å². The van der Waals surface area contributed by atoms with Crippen molar-refractivity contribution in [1.82, 2.24) is 5.32 Å². The first kappa shape index (κ1) is 14.5. The van der Waals surface area contributed by atoms with Crippen molar-refractivity contribution < 1.29 is 0 Å². The van der Waals surface area contributed by atoms with Crippen LogP contribution in [-0.2, 0) is 13.0 Å². The van der Waals surface area contributed by atoms with E-state index in [1.807, 2.05) is 0 Å². The summed E-state index contributed by atoms with van der Waals surface area (Å²) in [6.45, 7) is 4.70. The van der Waals surface area contributed by atoms with E-state index < -0.39 is 0 Å². The summed E-state index contributed by atoms with van der Waals surface area (Å²) in [7, 11) is 0. The van der Waals surface area contributed by atoms with Gasteiger partial charge in [0.15, 0.2) is 0 Å². The zero-order valence-electron chi connectivity index (χ0n) is 12.7. The van der Waals surface area contributed by atoms with Crippen LogP contribution in [-0.4, -0.2) is 12.3 Å². The van der Waals surface area contributed by atoms with E-state index in [9.17, 15) is 0 Å². The number of thioether (sulfide) groups is 1. The van der Waals surface area contributed by atoms with Gasteiger partial charge in [0.05, 0.1) is 0 Å². The summed E-state index contributed by atoms with van der Waals surface area (Å²) in [5, 5.41) is 3.47. The zero-order valence-corrected chi connectivity index (χ0v) is 13.5. The van der Waals surface area contributed by atoms with Crippen LogP contribution in [0, 0.1) is 5.41 Å². The van der Waals surface area contributed by atoms with Crippen LogP contribution >= 0.6 is 11.8 Å². The Morgan fingerprint density at radius 3 is 2.85 bits per heavy atom. The van der Waals surface area contributed by atoms with Crippen LogP contribution in [0.5, 0.6) is 0 Å². The molecule has 1 aromatic carbocycles. The fourth-order valence-corrected chi connectivity index (χ4v) is 4.84. The predicted molar refractivity (Wildman–Crippen MR) is 88.4 cm³/mol. The zero-order chi connectivity index (χ0) is 13.8. The van der Waals surface area contributed by atoms with Crippen LogP contribution in [0.4, 0.5) is 0 Å². The van der Waals surface area contributed by atoms with Crippen LogP contribution < -0.4 is 5.32 Å². The molecular weight excluding hydrogens is 262 g/mol. The summed E-state index contributed by atoms with van der Waals surface area (Å²) in [5.74, 6) is 1.28. The molecule has 0 bridgehead atoms. The molecule has 20 heavy (non-hydrogen) atoms. The molecule has 2 heteroatoms. The quantitative estimate of drug-likeness (QED) is 0.800. The molecule has 1 heterocycles. The van der Waals surface area contributed by atoms with E-state index in [0.29, 0.717) is 5.41 Å². The number of nitrogens with one attached hydrogen (secondary N) is 1. The van der Waals surface area contributed by atoms with Gasteiger partial charge in [-0.25, -0.2) is 0 Å². The third-order valence-corrected chi connectivity index (χ3v) is 6.09. The summed E-state index contributed by atoms with van der Waals surface area (Å²) in [5.41, 5.74) is 3.69. The first-order valence-corrected chi connectivity index (χ1v) is 9.19. The second-order valence-corrected chi connectivity index (χ2v) is 8.00. The SMILES string of the molecule is CC1(CCSc2ccc3c(c2)CNCC3)CCCCC1. The number of rotatable bonds is 4. The van der Waals surface area contributed by atoms with Crippen molar-refractivity contribution in [3.63, 3.8) is 0 Å². The maximum atomic E-state index is 3.47. The third kappa shape index (κ3) is 3.59. The Morgan fingerprint density at radius 1 is 1.15 bits per heavy atom. The van der Waals surface area contributed by atoms with E-state index in [1.165, 1.54) is 61.2 Å². The normalized spacial score (nSPS) is 21.4. The maximum absolute atomic E-state index is 3.47. The van der Waals surface area contributed by atoms with Crippen LogP contribution in [0.25, 0.3) is 0 Å². The number of hydrogen-bond acceptors (Lipinski definition) is 2. The van der Waals surface area contributed by atoms with Crippen molar-refractivity contribution in [1.29, 1.82) is 0 Å². The number of hydrogen-bond donors (Lipinski definition) is 1. The molecule has 0 amide bonds. The second-order valence-electron chi connectivity index (χ2n) is 6.83. The standard InChI is InChI=1S/C18H27NS/c1-18(8-3-2-4-9-18)10-12-20-17-6-5-15-7-11-19-14-16(15)13-17/h5-6,13,19H,2-4,7-12,14H2,1H3. The first-order valence-electron chi connectivity index (χ1n) is 8.21. The Kier molecular flexibility index (Phi) is 4.72. The average Bonchev–Trinajstić information content (AvgIpc) is 2.48. The highest BCUT2D eigenvalue weighted by molar-refractivity contribution is 7.99. The van der Waals surface area contributed by atoms with E-state index in [0.717, 1.165) is 13.1 Å². The fourth-order valence-electron chi connectivity index (χ4n) is 3.62. The Hall–Kier alpha value is -0.470. The molecule has 0 atom stereocenters. The van der Waals surface area contributed by atoms with Crippen LogP contribution in [0.15, 0.2) is 23.1 Å². The minimum Gasteiger partial charge on any atom is -0.312 e. The van der Waals surface area contributed by atoms with E-state index in [-0.39, 0.29) is 0 Å².